The van der Waals surface area contributed by atoms with Crippen LogP contribution in [0.3, 0.4) is 0 Å². The van der Waals surface area contributed by atoms with E-state index in [0.29, 0.717) is 30.0 Å². The van der Waals surface area contributed by atoms with Gasteiger partial charge in [-0.25, -0.2) is 13.5 Å². The molecule has 0 saturated carbocycles. The molecule has 1 aromatic carbocycles. The Morgan fingerprint density at radius 1 is 1.23 bits per heavy atom. The van der Waals surface area contributed by atoms with Crippen molar-refractivity contribution in [2.75, 3.05) is 21.0 Å². The summed E-state index contributed by atoms with van der Waals surface area (Å²) in [5.41, 5.74) is 4.93. The maximum absolute atomic E-state index is 14.3. The van der Waals surface area contributed by atoms with Crippen LogP contribution in [0, 0.1) is 11.7 Å². The number of halogens is 1. The van der Waals surface area contributed by atoms with Crippen molar-refractivity contribution in [1.82, 2.24) is 9.88 Å². The quantitative estimate of drug-likeness (QED) is 0.264. The number of phosphoric ester groups is 1. The molecule has 4 rings (SSSR count). The lowest BCUT2D eigenvalue weighted by Crippen LogP contribution is -2.23. The highest BCUT2D eigenvalue weighted by Gasteiger charge is 2.30. The van der Waals surface area contributed by atoms with Gasteiger partial charge in [-0.1, -0.05) is 12.1 Å². The lowest BCUT2D eigenvalue weighted by molar-refractivity contribution is -0.120. The van der Waals surface area contributed by atoms with Gasteiger partial charge < -0.3 is 33.9 Å². The van der Waals surface area contributed by atoms with Crippen molar-refractivity contribution in [3.05, 3.63) is 94.2 Å². The van der Waals surface area contributed by atoms with E-state index in [-0.39, 0.29) is 24.0 Å². The Balaban J connectivity index is 1.59. The summed E-state index contributed by atoms with van der Waals surface area (Å²) in [4.78, 5) is 30.8. The SMILES string of the molecule is COC1=CC(/C=C2/C(C)=C(CC(=O)NCc3cccn3C)c3cc(F)ccc32)CC(OC)=C1OCOP(=O)(O)O. The molecule has 1 aromatic heterocycles. The number of aryl methyl sites for hydroxylation is 1. The van der Waals surface area contributed by atoms with Crippen LogP contribution in [0.1, 0.15) is 36.6 Å². The molecule has 0 spiro atoms. The number of phosphoric acid groups is 1. The molecule has 1 unspecified atom stereocenters. The summed E-state index contributed by atoms with van der Waals surface area (Å²) in [6.45, 7) is 1.60. The van der Waals surface area contributed by atoms with E-state index < -0.39 is 20.4 Å². The van der Waals surface area contributed by atoms with E-state index in [4.69, 9.17) is 24.0 Å². The Hall–Kier alpha value is -3.63. The smallest absolute Gasteiger partial charge is 0.472 e. The Kier molecular flexibility index (Phi) is 9.00. The zero-order valence-electron chi connectivity index (χ0n) is 22.6. The van der Waals surface area contributed by atoms with E-state index in [1.165, 1.54) is 26.4 Å². The predicted octanol–water partition coefficient (Wildman–Crippen LogP) is 4.53. The van der Waals surface area contributed by atoms with Crippen LogP contribution in [0.2, 0.25) is 0 Å². The Morgan fingerprint density at radius 2 is 2.00 bits per heavy atom. The summed E-state index contributed by atoms with van der Waals surface area (Å²) in [7, 11) is 0.0810. The van der Waals surface area contributed by atoms with Gasteiger partial charge in [-0.3, -0.25) is 4.79 Å². The minimum absolute atomic E-state index is 0.0919. The predicted molar refractivity (Wildman–Crippen MR) is 145 cm³/mol. The minimum atomic E-state index is -4.72. The molecule has 10 nitrogen and oxygen atoms in total. The van der Waals surface area contributed by atoms with E-state index in [1.807, 2.05) is 42.9 Å². The number of allylic oxidation sites excluding steroid dienone is 5. The van der Waals surface area contributed by atoms with Crippen LogP contribution < -0.4 is 5.32 Å². The van der Waals surface area contributed by atoms with Crippen LogP contribution in [0.4, 0.5) is 4.39 Å². The van der Waals surface area contributed by atoms with Crippen molar-refractivity contribution in [3.63, 3.8) is 0 Å². The molecule has 2 aliphatic rings. The number of fused-ring (bicyclic) bond motifs is 1. The number of methoxy groups -OCH3 is 2. The Morgan fingerprint density at radius 3 is 2.65 bits per heavy atom. The van der Waals surface area contributed by atoms with Crippen LogP contribution in [0.5, 0.6) is 0 Å². The standard InChI is InChI=1S/C28H32FN2O8P/c1-17-22(10-18-11-25(36-3)28(26(12-18)37-4)38-16-39-40(33,34)35)21-8-7-19(29)13-24(21)23(17)14-27(32)30-15-20-6-5-9-31(20)2/h5-11,13,18H,12,14-16H2,1-4H3,(H,30,32)(H2,33,34,35)/b22-10-. The number of benzene rings is 1. The van der Waals surface area contributed by atoms with E-state index >= 15 is 0 Å². The summed E-state index contributed by atoms with van der Waals surface area (Å²) in [6, 6.07) is 8.39. The highest BCUT2D eigenvalue weighted by Crippen LogP contribution is 2.45. The molecule has 3 N–H and O–H groups in total. The van der Waals surface area contributed by atoms with Crippen molar-refractivity contribution in [3.8, 4) is 0 Å². The normalized spacial score (nSPS) is 18.1. The maximum Gasteiger partial charge on any atom is 0.472 e. The number of carbonyl (C=O) groups excluding carboxylic acids is 1. The second-order valence-corrected chi connectivity index (χ2v) is 10.6. The van der Waals surface area contributed by atoms with E-state index in [9.17, 15) is 13.8 Å². The fourth-order valence-electron chi connectivity index (χ4n) is 4.84. The summed E-state index contributed by atoms with van der Waals surface area (Å²) in [5.74, 6) is 0.0826. The highest BCUT2D eigenvalue weighted by atomic mass is 31.2. The van der Waals surface area contributed by atoms with Gasteiger partial charge in [0, 0.05) is 31.3 Å². The van der Waals surface area contributed by atoms with Gasteiger partial charge in [0.05, 0.1) is 27.2 Å². The molecule has 214 valence electrons. The van der Waals surface area contributed by atoms with Crippen LogP contribution in [0.25, 0.3) is 11.1 Å². The fraction of sp³-hybridized carbons (Fsp3) is 0.321. The second kappa shape index (κ2) is 12.3. The summed E-state index contributed by atoms with van der Waals surface area (Å²) in [5, 5.41) is 2.94. The molecule has 1 amide bonds. The number of hydrogen-bond acceptors (Lipinski definition) is 6. The van der Waals surface area contributed by atoms with Crippen molar-refractivity contribution >= 4 is 24.9 Å². The van der Waals surface area contributed by atoms with Crippen LogP contribution in [0.15, 0.2) is 71.5 Å². The van der Waals surface area contributed by atoms with Crippen molar-refractivity contribution in [1.29, 1.82) is 0 Å². The summed E-state index contributed by atoms with van der Waals surface area (Å²) in [6.07, 6.45) is 6.15. The zero-order valence-corrected chi connectivity index (χ0v) is 23.5. The van der Waals surface area contributed by atoms with Gasteiger partial charge in [0.25, 0.3) is 0 Å². The van der Waals surface area contributed by atoms with Gasteiger partial charge in [-0.2, -0.15) is 0 Å². The number of rotatable bonds is 11. The third kappa shape index (κ3) is 6.74. The van der Waals surface area contributed by atoms with Gasteiger partial charge in [0.15, 0.2) is 5.76 Å². The molecule has 2 aromatic rings. The molecule has 2 aliphatic carbocycles. The third-order valence-corrected chi connectivity index (χ3v) is 7.29. The first-order valence-electron chi connectivity index (χ1n) is 12.5. The lowest BCUT2D eigenvalue weighted by atomic mass is 9.91. The van der Waals surface area contributed by atoms with Crippen LogP contribution in [-0.2, 0) is 41.7 Å². The van der Waals surface area contributed by atoms with Gasteiger partial charge in [0.2, 0.25) is 18.5 Å². The first kappa shape index (κ1) is 29.4. The molecular weight excluding hydrogens is 542 g/mol. The fourth-order valence-corrected chi connectivity index (χ4v) is 5.03. The molecule has 1 heterocycles. The maximum atomic E-state index is 14.3. The Labute approximate surface area is 231 Å². The van der Waals surface area contributed by atoms with Gasteiger partial charge in [-0.05, 0) is 65.1 Å². The van der Waals surface area contributed by atoms with Gasteiger partial charge in [-0.15, -0.1) is 0 Å². The minimum Gasteiger partial charge on any atom is -0.497 e. The van der Waals surface area contributed by atoms with Gasteiger partial charge in [0.1, 0.15) is 11.6 Å². The Bertz CT molecular complexity index is 1470. The first-order valence-corrected chi connectivity index (χ1v) is 14.0. The first-order chi connectivity index (χ1) is 19.0. The highest BCUT2D eigenvalue weighted by molar-refractivity contribution is 7.46. The summed E-state index contributed by atoms with van der Waals surface area (Å²) >= 11 is 0. The molecule has 0 fully saturated rings. The lowest BCUT2D eigenvalue weighted by Gasteiger charge is -2.24. The zero-order chi connectivity index (χ0) is 29.0. The molecule has 0 aliphatic heterocycles. The van der Waals surface area contributed by atoms with Crippen LogP contribution in [-0.4, -0.2) is 41.3 Å². The number of nitrogens with zero attached hydrogens (tertiary/aromatic N) is 1. The van der Waals surface area contributed by atoms with E-state index in [0.717, 1.165) is 28.0 Å². The van der Waals surface area contributed by atoms with Crippen molar-refractivity contribution < 1.29 is 42.3 Å². The number of ether oxygens (including phenoxy) is 3. The average molecular weight is 575 g/mol. The second-order valence-electron chi connectivity index (χ2n) is 9.38. The summed E-state index contributed by atoms with van der Waals surface area (Å²) < 4.78 is 48.0. The van der Waals surface area contributed by atoms with Crippen LogP contribution >= 0.6 is 7.82 Å². The van der Waals surface area contributed by atoms with E-state index in [2.05, 4.69) is 9.84 Å². The van der Waals surface area contributed by atoms with E-state index in [1.54, 1.807) is 12.1 Å². The number of carbonyl (C=O) groups is 1. The molecular formula is C28H32FN2O8P. The molecule has 1 atom stereocenters. The van der Waals surface area contributed by atoms with Crippen molar-refractivity contribution in [2.45, 2.75) is 26.3 Å². The third-order valence-electron chi connectivity index (χ3n) is 6.84. The monoisotopic (exact) mass is 574 g/mol. The topological polar surface area (TPSA) is 128 Å². The van der Waals surface area contributed by atoms with Gasteiger partial charge >= 0.3 is 7.82 Å². The number of aromatic nitrogens is 1. The number of nitrogens with one attached hydrogen (secondary N) is 1. The molecule has 12 heteroatoms. The number of hydrogen-bond donors (Lipinski definition) is 3. The molecule has 0 radical (unpaired) electrons. The molecule has 0 saturated heterocycles. The van der Waals surface area contributed by atoms with Crippen molar-refractivity contribution in [2.24, 2.45) is 13.0 Å². The largest absolute Gasteiger partial charge is 0.497 e. The number of amides is 1. The molecule has 40 heavy (non-hydrogen) atoms. The average Bonchev–Trinajstić information content (AvgIpc) is 3.42. The molecule has 0 bridgehead atoms.